The van der Waals surface area contributed by atoms with Gasteiger partial charge in [-0.1, -0.05) is 12.1 Å². The van der Waals surface area contributed by atoms with Gasteiger partial charge in [-0.15, -0.1) is 5.73 Å². The highest BCUT2D eigenvalue weighted by Crippen LogP contribution is 2.13. The first-order valence-corrected chi connectivity index (χ1v) is 8.72. The van der Waals surface area contributed by atoms with Crippen molar-refractivity contribution in [1.29, 1.82) is 0 Å². The van der Waals surface area contributed by atoms with E-state index in [0.29, 0.717) is 16.9 Å². The predicted molar refractivity (Wildman–Crippen MR) is 111 cm³/mol. The first-order valence-electron chi connectivity index (χ1n) is 8.72. The van der Waals surface area contributed by atoms with Crippen molar-refractivity contribution in [3.8, 4) is 5.69 Å². The molecule has 0 radical (unpaired) electrons. The second-order valence-corrected chi connectivity index (χ2v) is 6.58. The topological polar surface area (TPSA) is 78.3 Å². The number of aryl methyl sites for hydroxylation is 1. The molecule has 0 saturated carbocycles. The average molecular weight is 375 g/mol. The molecule has 0 aliphatic heterocycles. The molecule has 2 aromatic carbocycles. The lowest BCUT2D eigenvalue weighted by Crippen LogP contribution is -2.15. The van der Waals surface area contributed by atoms with E-state index in [2.05, 4.69) is 10.8 Å². The number of aromatic carboxylic acids is 1. The number of rotatable bonds is 5. The Hall–Kier alpha value is -3.76. The van der Waals surface area contributed by atoms with Crippen LogP contribution in [0.2, 0.25) is 0 Å². The minimum Gasteiger partial charge on any atom is -0.478 e. The molecule has 0 saturated heterocycles. The van der Waals surface area contributed by atoms with Crippen molar-refractivity contribution in [3.63, 3.8) is 0 Å². The summed E-state index contributed by atoms with van der Waals surface area (Å²) in [6.07, 6.45) is 3.47. The highest BCUT2D eigenvalue weighted by atomic mass is 16.4. The van der Waals surface area contributed by atoms with Gasteiger partial charge in [0.2, 0.25) is 0 Å². The molecule has 1 heterocycles. The van der Waals surface area contributed by atoms with Crippen molar-refractivity contribution < 1.29 is 9.90 Å². The molecule has 0 unspecified atom stereocenters. The Morgan fingerprint density at radius 3 is 2.29 bits per heavy atom. The van der Waals surface area contributed by atoms with Crippen molar-refractivity contribution in [2.45, 2.75) is 6.92 Å². The van der Waals surface area contributed by atoms with Crippen LogP contribution in [-0.2, 0) is 0 Å². The van der Waals surface area contributed by atoms with Crippen LogP contribution < -0.4 is 10.5 Å². The van der Waals surface area contributed by atoms with Crippen LogP contribution in [0.4, 0.5) is 5.69 Å². The van der Waals surface area contributed by atoms with Crippen LogP contribution in [-0.4, -0.2) is 35.0 Å². The Kier molecular flexibility index (Phi) is 5.34. The summed E-state index contributed by atoms with van der Waals surface area (Å²) in [7, 11) is 3.97. The molecule has 3 aromatic rings. The number of benzene rings is 2. The van der Waals surface area contributed by atoms with E-state index in [1.54, 1.807) is 18.2 Å². The Balaban J connectivity index is 1.88. The molecule has 0 aliphatic carbocycles. The molecule has 0 spiro atoms. The summed E-state index contributed by atoms with van der Waals surface area (Å²) in [4.78, 5) is 25.7. The van der Waals surface area contributed by atoms with Crippen LogP contribution in [0.3, 0.4) is 0 Å². The minimum atomic E-state index is -1.01. The summed E-state index contributed by atoms with van der Waals surface area (Å²) >= 11 is 0. The minimum absolute atomic E-state index is 0.170. The first-order chi connectivity index (χ1) is 13.4. The van der Waals surface area contributed by atoms with Gasteiger partial charge in [0, 0.05) is 25.5 Å². The Morgan fingerprint density at radius 1 is 1.07 bits per heavy atom. The molecular formula is C22H21N3O3. The Morgan fingerprint density at radius 2 is 1.71 bits per heavy atom. The zero-order valence-electron chi connectivity index (χ0n) is 15.9. The van der Waals surface area contributed by atoms with E-state index < -0.39 is 5.97 Å². The lowest BCUT2D eigenvalue weighted by molar-refractivity contribution is 0.0697. The van der Waals surface area contributed by atoms with Crippen LogP contribution in [0.5, 0.6) is 0 Å². The number of nitrogens with zero attached hydrogens (tertiary/aromatic N) is 2. The van der Waals surface area contributed by atoms with Crippen molar-refractivity contribution in [1.82, 2.24) is 9.78 Å². The number of aromatic nitrogens is 2. The third-order valence-electron chi connectivity index (χ3n) is 4.38. The van der Waals surface area contributed by atoms with Crippen molar-refractivity contribution in [2.75, 3.05) is 19.0 Å². The van der Waals surface area contributed by atoms with Gasteiger partial charge in [0.05, 0.1) is 16.8 Å². The molecule has 28 heavy (non-hydrogen) atoms. The third kappa shape index (κ3) is 3.98. The highest BCUT2D eigenvalue weighted by Gasteiger charge is 2.10. The monoisotopic (exact) mass is 375 g/mol. The molecule has 2 N–H and O–H groups in total. The van der Waals surface area contributed by atoms with Crippen LogP contribution in [0.15, 0.2) is 59.1 Å². The Labute approximate surface area is 162 Å². The maximum Gasteiger partial charge on any atom is 0.335 e. The van der Waals surface area contributed by atoms with E-state index in [4.69, 9.17) is 5.11 Å². The van der Waals surface area contributed by atoms with Crippen LogP contribution in [0, 0.1) is 6.92 Å². The van der Waals surface area contributed by atoms with Gasteiger partial charge in [-0.05, 0) is 61.0 Å². The molecule has 0 aliphatic rings. The summed E-state index contributed by atoms with van der Waals surface area (Å²) in [5.41, 5.74) is 6.89. The van der Waals surface area contributed by atoms with Crippen LogP contribution in [0.1, 0.15) is 27.2 Å². The molecule has 1 aromatic heterocycles. The number of carboxylic acids is 1. The van der Waals surface area contributed by atoms with E-state index in [9.17, 15) is 9.59 Å². The van der Waals surface area contributed by atoms with Crippen molar-refractivity contribution in [3.05, 3.63) is 87.0 Å². The average Bonchev–Trinajstić information content (AvgIpc) is 2.96. The predicted octanol–water partition coefficient (Wildman–Crippen LogP) is 3.56. The molecule has 3 rings (SSSR count). The largest absolute Gasteiger partial charge is 0.478 e. The number of H-pyrrole nitrogens is 1. The number of nitrogens with one attached hydrogen (secondary N) is 1. The van der Waals surface area contributed by atoms with Crippen molar-refractivity contribution >= 4 is 23.8 Å². The fourth-order valence-electron chi connectivity index (χ4n) is 2.75. The smallest absolute Gasteiger partial charge is 0.335 e. The van der Waals surface area contributed by atoms with E-state index in [1.165, 1.54) is 16.8 Å². The second kappa shape index (κ2) is 7.86. The van der Waals surface area contributed by atoms with Crippen LogP contribution >= 0.6 is 0 Å². The number of carboxylic acid groups (broad SMARTS) is 1. The van der Waals surface area contributed by atoms with Gasteiger partial charge < -0.3 is 10.0 Å². The molecule has 142 valence electrons. The molecule has 6 nitrogen and oxygen atoms in total. The second-order valence-electron chi connectivity index (χ2n) is 6.58. The van der Waals surface area contributed by atoms with Crippen LogP contribution in [0.25, 0.3) is 17.8 Å². The maximum absolute atomic E-state index is 12.7. The maximum atomic E-state index is 12.7. The van der Waals surface area contributed by atoms with Gasteiger partial charge in [0.15, 0.2) is 0 Å². The lowest BCUT2D eigenvalue weighted by Gasteiger charge is -2.11. The lowest BCUT2D eigenvalue weighted by atomic mass is 10.2. The van der Waals surface area contributed by atoms with Gasteiger partial charge >= 0.3 is 5.97 Å². The van der Waals surface area contributed by atoms with Gasteiger partial charge in [-0.3, -0.25) is 9.89 Å². The summed E-state index contributed by atoms with van der Waals surface area (Å²) in [5, 5.41) is 12.0. The zero-order valence-corrected chi connectivity index (χ0v) is 15.9. The fourth-order valence-corrected chi connectivity index (χ4v) is 2.75. The molecule has 6 heteroatoms. The van der Waals surface area contributed by atoms with E-state index >= 15 is 0 Å². The first kappa shape index (κ1) is 19.0. The quantitative estimate of drug-likeness (QED) is 0.669. The number of hydrogen-bond acceptors (Lipinski definition) is 3. The van der Waals surface area contributed by atoms with E-state index in [1.807, 2.05) is 56.3 Å². The molecule has 0 fully saturated rings. The van der Waals surface area contributed by atoms with E-state index in [0.717, 1.165) is 11.3 Å². The SMILES string of the molecule is Cc1[nH]n(-c2ccc(C(=O)O)cc2)c(=O)c1C=C=Cc1ccc(N(C)C)cc1. The third-order valence-corrected chi connectivity index (χ3v) is 4.38. The zero-order chi connectivity index (χ0) is 20.3. The van der Waals surface area contributed by atoms with Gasteiger partial charge in [-0.2, -0.15) is 0 Å². The number of anilines is 1. The Bertz CT molecular complexity index is 1110. The number of aromatic amines is 1. The number of carbonyl (C=O) groups is 1. The standard InChI is InChI=1S/C22H21N3O3/c1-15-20(6-4-5-16-7-11-18(12-8-16)24(2)3)21(26)25(23-15)19-13-9-17(10-14-19)22(27)28/h5-14,23H,1-3H3,(H,27,28). The highest BCUT2D eigenvalue weighted by molar-refractivity contribution is 5.87. The summed E-state index contributed by atoms with van der Waals surface area (Å²) in [5.74, 6) is -1.01. The molecule has 0 atom stereocenters. The summed E-state index contributed by atoms with van der Waals surface area (Å²) in [6, 6.07) is 14.1. The summed E-state index contributed by atoms with van der Waals surface area (Å²) in [6.45, 7) is 1.81. The van der Waals surface area contributed by atoms with Gasteiger partial charge in [0.1, 0.15) is 0 Å². The number of hydrogen-bond donors (Lipinski definition) is 2. The normalized spacial score (nSPS) is 10.2. The van der Waals surface area contributed by atoms with Gasteiger partial charge in [0.25, 0.3) is 5.56 Å². The van der Waals surface area contributed by atoms with Crippen molar-refractivity contribution in [2.24, 2.45) is 0 Å². The molecule has 0 bridgehead atoms. The molecular weight excluding hydrogens is 354 g/mol. The fraction of sp³-hybridized carbons (Fsp3) is 0.136. The van der Waals surface area contributed by atoms with E-state index in [-0.39, 0.29) is 11.1 Å². The summed E-state index contributed by atoms with van der Waals surface area (Å²) < 4.78 is 1.39. The molecule has 0 amide bonds. The van der Waals surface area contributed by atoms with Gasteiger partial charge in [-0.25, -0.2) is 9.48 Å².